The fourth-order valence-corrected chi connectivity index (χ4v) is 3.70. The first-order valence-electron chi connectivity index (χ1n) is 13.1. The van der Waals surface area contributed by atoms with Gasteiger partial charge in [-0.25, -0.2) is 4.79 Å². The van der Waals surface area contributed by atoms with Crippen LogP contribution in [0, 0.1) is 11.8 Å². The summed E-state index contributed by atoms with van der Waals surface area (Å²) in [6.45, 7) is 24.0. The van der Waals surface area contributed by atoms with Crippen LogP contribution in [0.15, 0.2) is 60.9 Å². The van der Waals surface area contributed by atoms with Gasteiger partial charge in [-0.15, -0.1) is 0 Å². The zero-order valence-corrected chi connectivity index (χ0v) is 23.5. The molecule has 198 valence electrons. The smallest absolute Gasteiger partial charge is 0.344 e. The summed E-state index contributed by atoms with van der Waals surface area (Å²) < 4.78 is 11.3. The Labute approximate surface area is 215 Å². The molecule has 35 heavy (non-hydrogen) atoms. The molecule has 3 unspecified atom stereocenters. The molecule has 1 N–H and O–H groups in total. The first-order chi connectivity index (χ1) is 16.4. The Kier molecular flexibility index (Phi) is 15.8. The Morgan fingerprint density at radius 3 is 2.06 bits per heavy atom. The van der Waals surface area contributed by atoms with E-state index in [1.54, 1.807) is 12.2 Å². The third-order valence-electron chi connectivity index (χ3n) is 6.64. The number of benzene rings is 1. The van der Waals surface area contributed by atoms with E-state index in [0.717, 1.165) is 37.7 Å². The molecule has 0 bridgehead atoms. The second-order valence-electron chi connectivity index (χ2n) is 9.85. The summed E-state index contributed by atoms with van der Waals surface area (Å²) in [7, 11) is 0. The number of carbonyl (C=O) groups is 1. The maximum atomic E-state index is 12.1. The van der Waals surface area contributed by atoms with Crippen LogP contribution in [0.5, 0.6) is 5.75 Å². The number of aliphatic hydroxyl groups excluding tert-OH is 1. The van der Waals surface area contributed by atoms with Crippen LogP contribution in [0.4, 0.5) is 0 Å². The highest BCUT2D eigenvalue weighted by Crippen LogP contribution is 2.29. The van der Waals surface area contributed by atoms with Crippen LogP contribution in [0.2, 0.25) is 0 Å². The molecule has 0 aliphatic rings. The van der Waals surface area contributed by atoms with Gasteiger partial charge in [0.2, 0.25) is 0 Å². The largest absolute Gasteiger partial charge is 0.509 e. The van der Waals surface area contributed by atoms with Crippen molar-refractivity contribution in [3.05, 3.63) is 66.5 Å². The summed E-state index contributed by atoms with van der Waals surface area (Å²) in [5.41, 5.74) is 1.87. The number of hydrogen-bond donors (Lipinski definition) is 1. The van der Waals surface area contributed by atoms with Crippen molar-refractivity contribution in [2.75, 3.05) is 6.61 Å². The van der Waals surface area contributed by atoms with E-state index in [1.165, 1.54) is 5.56 Å². The Hall–Kier alpha value is -2.49. The van der Waals surface area contributed by atoms with Gasteiger partial charge in [0, 0.05) is 0 Å². The van der Waals surface area contributed by atoms with Crippen LogP contribution in [0.1, 0.15) is 99.0 Å². The highest BCUT2D eigenvalue weighted by Gasteiger charge is 2.31. The van der Waals surface area contributed by atoms with Crippen LogP contribution < -0.4 is 4.74 Å². The molecule has 1 aromatic carbocycles. The number of ether oxygens (including phenoxy) is 2. The number of aliphatic hydroxyl groups is 1. The Morgan fingerprint density at radius 1 is 1.00 bits per heavy atom. The van der Waals surface area contributed by atoms with Crippen molar-refractivity contribution in [2.24, 2.45) is 11.8 Å². The standard InChI is InChI=1S/C21H34O3.C10H16O/c1-7-10-18(9-3)21(5,6)24-20(22)15-23-19-13-11-17(12-14-19)16(4)8-2;1-5-8(2)9(3)6-7-10(4)11/h11-14,16,18H,7-10,15H2,1-6H3;6-8,11H,3-5H2,1-2H3/b;7-6-. The van der Waals surface area contributed by atoms with Crippen LogP contribution >= 0.6 is 0 Å². The molecular formula is C31H50O4. The molecule has 0 radical (unpaired) electrons. The molecule has 0 saturated carbocycles. The lowest BCUT2D eigenvalue weighted by molar-refractivity contribution is -0.164. The highest BCUT2D eigenvalue weighted by atomic mass is 16.6. The topological polar surface area (TPSA) is 55.8 Å². The van der Waals surface area contributed by atoms with Gasteiger partial charge in [-0.1, -0.05) is 84.9 Å². The zero-order valence-electron chi connectivity index (χ0n) is 23.5. The summed E-state index contributed by atoms with van der Waals surface area (Å²) in [5, 5.41) is 8.73. The summed E-state index contributed by atoms with van der Waals surface area (Å²) in [4.78, 5) is 12.1. The predicted molar refractivity (Wildman–Crippen MR) is 149 cm³/mol. The maximum Gasteiger partial charge on any atom is 0.344 e. The van der Waals surface area contributed by atoms with Crippen molar-refractivity contribution in [1.82, 2.24) is 0 Å². The molecule has 0 heterocycles. The van der Waals surface area contributed by atoms with Crippen LogP contribution in [-0.4, -0.2) is 23.3 Å². The molecule has 0 aromatic heterocycles. The number of rotatable bonds is 14. The fraction of sp³-hybridized carbons (Fsp3) is 0.581. The van der Waals surface area contributed by atoms with E-state index in [1.807, 2.05) is 26.0 Å². The predicted octanol–water partition coefficient (Wildman–Crippen LogP) is 8.94. The first-order valence-corrected chi connectivity index (χ1v) is 13.1. The normalized spacial score (nSPS) is 13.8. The van der Waals surface area contributed by atoms with E-state index < -0.39 is 5.60 Å². The number of allylic oxidation sites excluding steroid dienone is 3. The van der Waals surface area contributed by atoms with Gasteiger partial charge in [0.05, 0.1) is 0 Å². The second-order valence-corrected chi connectivity index (χ2v) is 9.85. The molecule has 0 fully saturated rings. The monoisotopic (exact) mass is 486 g/mol. The molecule has 4 nitrogen and oxygen atoms in total. The summed E-state index contributed by atoms with van der Waals surface area (Å²) >= 11 is 0. The average molecular weight is 487 g/mol. The van der Waals surface area contributed by atoms with Gasteiger partial charge < -0.3 is 14.6 Å². The third-order valence-corrected chi connectivity index (χ3v) is 6.64. The Morgan fingerprint density at radius 2 is 1.60 bits per heavy atom. The van der Waals surface area contributed by atoms with E-state index in [9.17, 15) is 4.79 Å². The van der Waals surface area contributed by atoms with Gasteiger partial charge in [-0.05, 0) is 81.1 Å². The van der Waals surface area contributed by atoms with Gasteiger partial charge in [0.25, 0.3) is 0 Å². The van der Waals surface area contributed by atoms with Crippen molar-refractivity contribution in [2.45, 2.75) is 99.0 Å². The van der Waals surface area contributed by atoms with Crippen molar-refractivity contribution in [3.63, 3.8) is 0 Å². The molecule has 0 aliphatic carbocycles. The molecule has 0 saturated heterocycles. The minimum absolute atomic E-state index is 0.0470. The Balaban J connectivity index is 0.000000883. The molecule has 0 aliphatic heterocycles. The fourth-order valence-electron chi connectivity index (χ4n) is 3.70. The van der Waals surface area contributed by atoms with E-state index in [0.29, 0.717) is 23.5 Å². The summed E-state index contributed by atoms with van der Waals surface area (Å²) in [6.07, 6.45) is 8.71. The molecule has 1 rings (SSSR count). The van der Waals surface area contributed by atoms with E-state index in [2.05, 4.69) is 66.8 Å². The minimum Gasteiger partial charge on any atom is -0.509 e. The molecule has 0 amide bonds. The van der Waals surface area contributed by atoms with Gasteiger partial charge in [0.1, 0.15) is 17.1 Å². The lowest BCUT2D eigenvalue weighted by Crippen LogP contribution is -2.38. The summed E-state index contributed by atoms with van der Waals surface area (Å²) in [5.74, 6) is 1.87. The van der Waals surface area contributed by atoms with Crippen LogP contribution in [0.3, 0.4) is 0 Å². The van der Waals surface area contributed by atoms with Gasteiger partial charge in [-0.3, -0.25) is 0 Å². The van der Waals surface area contributed by atoms with Gasteiger partial charge in [-0.2, -0.15) is 0 Å². The molecule has 1 aromatic rings. The van der Waals surface area contributed by atoms with Crippen LogP contribution in [-0.2, 0) is 9.53 Å². The van der Waals surface area contributed by atoms with Crippen molar-refractivity contribution >= 4 is 5.97 Å². The van der Waals surface area contributed by atoms with Crippen molar-refractivity contribution < 1.29 is 19.4 Å². The van der Waals surface area contributed by atoms with Crippen LogP contribution in [0.25, 0.3) is 0 Å². The number of esters is 1. The number of hydrogen-bond acceptors (Lipinski definition) is 4. The number of carbonyl (C=O) groups excluding carboxylic acids is 1. The highest BCUT2D eigenvalue weighted by molar-refractivity contribution is 5.71. The van der Waals surface area contributed by atoms with Crippen molar-refractivity contribution in [3.8, 4) is 5.75 Å². The van der Waals surface area contributed by atoms with E-state index in [-0.39, 0.29) is 18.3 Å². The van der Waals surface area contributed by atoms with Gasteiger partial charge in [0.15, 0.2) is 6.61 Å². The Bertz CT molecular complexity index is 789. The summed E-state index contributed by atoms with van der Waals surface area (Å²) in [6, 6.07) is 7.97. The molecule has 0 spiro atoms. The zero-order chi connectivity index (χ0) is 27.0. The SMILES string of the molecule is C=C(O)/C=C\C(=C)C(C)CC.CCCC(CC)C(C)(C)OC(=O)COc1ccc(C(C)CC)cc1. The second kappa shape index (κ2) is 17.0. The third kappa shape index (κ3) is 13.2. The maximum absolute atomic E-state index is 12.1. The van der Waals surface area contributed by atoms with Crippen molar-refractivity contribution in [1.29, 1.82) is 0 Å². The lowest BCUT2D eigenvalue weighted by Gasteiger charge is -2.33. The van der Waals surface area contributed by atoms with Gasteiger partial charge >= 0.3 is 5.97 Å². The average Bonchev–Trinajstić information content (AvgIpc) is 2.83. The lowest BCUT2D eigenvalue weighted by atomic mass is 9.85. The molecular weight excluding hydrogens is 436 g/mol. The molecule has 4 heteroatoms. The molecule has 3 atom stereocenters. The van der Waals surface area contributed by atoms with E-state index in [4.69, 9.17) is 14.6 Å². The quantitative estimate of drug-likeness (QED) is 0.162. The minimum atomic E-state index is -0.453. The first kappa shape index (κ1) is 32.5. The van der Waals surface area contributed by atoms with E-state index >= 15 is 0 Å².